The number of hydrogen-bond donors (Lipinski definition) is 0. The van der Waals surface area contributed by atoms with E-state index in [2.05, 4.69) is 141 Å². The summed E-state index contributed by atoms with van der Waals surface area (Å²) >= 11 is 0. The Bertz CT molecular complexity index is 2940. The molecule has 0 aliphatic heterocycles. The van der Waals surface area contributed by atoms with Crippen molar-refractivity contribution in [3.63, 3.8) is 0 Å². The maximum absolute atomic E-state index is 6.36. The van der Waals surface area contributed by atoms with Gasteiger partial charge in [-0.3, -0.25) is 0 Å². The van der Waals surface area contributed by atoms with Gasteiger partial charge in [-0.1, -0.05) is 133 Å². The third kappa shape index (κ3) is 3.33. The summed E-state index contributed by atoms with van der Waals surface area (Å²) in [5.74, 6) is 0.673. The van der Waals surface area contributed by atoms with Crippen LogP contribution in [0.3, 0.4) is 0 Å². The van der Waals surface area contributed by atoms with Crippen LogP contribution in [-0.2, 0) is 5.41 Å². The zero-order chi connectivity index (χ0) is 34.3. The number of rotatable bonds is 2. The van der Waals surface area contributed by atoms with E-state index in [4.69, 9.17) is 9.40 Å². The number of benzene rings is 8. The summed E-state index contributed by atoms with van der Waals surface area (Å²) in [6.45, 7) is 4.41. The maximum Gasteiger partial charge on any atom is 0.227 e. The number of aryl methyl sites for hydroxylation is 2. The average molecular weight is 662 g/mol. The van der Waals surface area contributed by atoms with E-state index in [1.54, 1.807) is 0 Å². The zero-order valence-corrected chi connectivity index (χ0v) is 28.8. The molecule has 0 fully saturated rings. The van der Waals surface area contributed by atoms with Gasteiger partial charge in [0.05, 0.1) is 5.41 Å². The summed E-state index contributed by atoms with van der Waals surface area (Å²) in [5, 5.41) is 2.62. The molecule has 1 heterocycles. The Balaban J connectivity index is 1.24. The molecule has 0 saturated heterocycles. The molecule has 0 unspecified atom stereocenters. The van der Waals surface area contributed by atoms with Crippen LogP contribution in [0.1, 0.15) is 33.4 Å². The largest absolute Gasteiger partial charge is 0.436 e. The SMILES string of the molecule is Cc1cc(-c2c3c(cc4c2-c2ccccc2C42c4ccccc4-c4ccccc42)-c2cccc4cccc-3c24)cc(C)c1-c1nc2ccccc2o1. The summed E-state index contributed by atoms with van der Waals surface area (Å²) in [5.41, 5.74) is 23.1. The third-order valence-corrected chi connectivity index (χ3v) is 12.1. The highest BCUT2D eigenvalue weighted by Crippen LogP contribution is 2.67. The third-order valence-electron chi connectivity index (χ3n) is 12.1. The van der Waals surface area contributed by atoms with Gasteiger partial charge in [-0.25, -0.2) is 4.98 Å². The van der Waals surface area contributed by atoms with Gasteiger partial charge in [-0.15, -0.1) is 0 Å². The second-order valence-corrected chi connectivity index (χ2v) is 14.7. The van der Waals surface area contributed by atoms with Crippen molar-refractivity contribution in [1.29, 1.82) is 0 Å². The lowest BCUT2D eigenvalue weighted by Gasteiger charge is -2.31. The minimum Gasteiger partial charge on any atom is -0.436 e. The lowest BCUT2D eigenvalue weighted by Crippen LogP contribution is -2.26. The molecule has 3 aliphatic carbocycles. The standard InChI is InChI=1S/C50H31NO/c1-28-25-31(26-29(2)44(28)49-51-42-23-9-10-24-43(42)52-49)46-47-36-19-12-14-30-13-11-18-34(45(30)36)37(47)27-41-48(46)35-17-5-8-22-40(35)50(41)38-20-6-3-15-32(38)33-16-4-7-21-39(33)50/h3-27H,1-2H3. The second kappa shape index (κ2) is 9.84. The van der Waals surface area contributed by atoms with E-state index in [1.165, 1.54) is 88.7 Å². The fourth-order valence-corrected chi connectivity index (χ4v) is 10.2. The monoisotopic (exact) mass is 661 g/mol. The summed E-state index contributed by atoms with van der Waals surface area (Å²) in [6.07, 6.45) is 0. The fourth-order valence-electron chi connectivity index (χ4n) is 10.2. The van der Waals surface area contributed by atoms with Crippen LogP contribution in [0.5, 0.6) is 0 Å². The van der Waals surface area contributed by atoms with Gasteiger partial charge in [0, 0.05) is 5.56 Å². The molecule has 2 nitrogen and oxygen atoms in total. The van der Waals surface area contributed by atoms with Crippen LogP contribution >= 0.6 is 0 Å². The van der Waals surface area contributed by atoms with E-state index in [-0.39, 0.29) is 0 Å². The normalized spacial score (nSPS) is 13.7. The molecule has 8 aromatic carbocycles. The maximum atomic E-state index is 6.36. The summed E-state index contributed by atoms with van der Waals surface area (Å²) in [4.78, 5) is 4.93. The zero-order valence-electron chi connectivity index (χ0n) is 28.8. The first-order valence-electron chi connectivity index (χ1n) is 18.1. The van der Waals surface area contributed by atoms with E-state index in [1.807, 2.05) is 24.3 Å². The molecule has 0 atom stereocenters. The minimum atomic E-state index is -0.437. The van der Waals surface area contributed by atoms with Crippen molar-refractivity contribution in [3.8, 4) is 67.1 Å². The van der Waals surface area contributed by atoms with E-state index >= 15 is 0 Å². The number of para-hydroxylation sites is 2. The Morgan fingerprint density at radius 3 is 1.71 bits per heavy atom. The van der Waals surface area contributed by atoms with E-state index in [0.29, 0.717) is 5.89 Å². The first-order valence-corrected chi connectivity index (χ1v) is 18.1. The van der Waals surface area contributed by atoms with Crippen molar-refractivity contribution in [3.05, 3.63) is 185 Å². The highest BCUT2D eigenvalue weighted by molar-refractivity contribution is 6.21. The number of hydrogen-bond acceptors (Lipinski definition) is 2. The van der Waals surface area contributed by atoms with Gasteiger partial charge >= 0.3 is 0 Å². The Kier molecular flexibility index (Phi) is 5.34. The van der Waals surface area contributed by atoms with Gasteiger partial charge in [0.15, 0.2) is 5.58 Å². The van der Waals surface area contributed by atoms with Crippen LogP contribution in [0.25, 0.3) is 89.0 Å². The molecule has 52 heavy (non-hydrogen) atoms. The summed E-state index contributed by atoms with van der Waals surface area (Å²) in [7, 11) is 0. The molecule has 0 amide bonds. The quantitative estimate of drug-likeness (QED) is 0.184. The van der Waals surface area contributed by atoms with Gasteiger partial charge < -0.3 is 4.42 Å². The second-order valence-electron chi connectivity index (χ2n) is 14.7. The van der Waals surface area contributed by atoms with Crippen LogP contribution in [0.2, 0.25) is 0 Å². The smallest absolute Gasteiger partial charge is 0.227 e. The number of fused-ring (bicyclic) bond motifs is 14. The molecule has 0 radical (unpaired) electrons. The van der Waals surface area contributed by atoms with Crippen LogP contribution in [0.4, 0.5) is 0 Å². The molecule has 0 N–H and O–H groups in total. The Morgan fingerprint density at radius 1 is 0.442 bits per heavy atom. The summed E-state index contributed by atoms with van der Waals surface area (Å²) < 4.78 is 6.36. The van der Waals surface area contributed by atoms with E-state index < -0.39 is 5.41 Å². The number of oxazole rings is 1. The molecule has 2 heteroatoms. The highest BCUT2D eigenvalue weighted by atomic mass is 16.3. The molecule has 3 aliphatic rings. The number of aromatic nitrogens is 1. The van der Waals surface area contributed by atoms with E-state index in [0.717, 1.165) is 27.8 Å². The molecular formula is C50H31NO. The Labute approximate surface area is 301 Å². The Hall–Kier alpha value is -6.51. The van der Waals surface area contributed by atoms with Crippen LogP contribution < -0.4 is 0 Å². The molecule has 1 spiro atoms. The van der Waals surface area contributed by atoms with Crippen LogP contribution in [-0.4, -0.2) is 4.98 Å². The lowest BCUT2D eigenvalue weighted by atomic mass is 9.69. The summed E-state index contributed by atoms with van der Waals surface area (Å²) in [6, 6.07) is 56.3. The van der Waals surface area contributed by atoms with Gasteiger partial charge in [0.2, 0.25) is 5.89 Å². The van der Waals surface area contributed by atoms with E-state index in [9.17, 15) is 0 Å². The first-order chi connectivity index (χ1) is 25.6. The molecule has 0 bridgehead atoms. The van der Waals surface area contributed by atoms with Crippen molar-refractivity contribution >= 4 is 21.9 Å². The molecule has 1 aromatic heterocycles. The lowest BCUT2D eigenvalue weighted by molar-refractivity contribution is 0.618. The van der Waals surface area contributed by atoms with Gasteiger partial charge in [0.1, 0.15) is 5.52 Å². The molecular weight excluding hydrogens is 631 g/mol. The average Bonchev–Trinajstić information content (AvgIpc) is 3.91. The number of nitrogens with zero attached hydrogens (tertiary/aromatic N) is 1. The highest BCUT2D eigenvalue weighted by Gasteiger charge is 2.53. The molecule has 0 saturated carbocycles. The predicted molar refractivity (Wildman–Crippen MR) is 213 cm³/mol. The van der Waals surface area contributed by atoms with Gasteiger partial charge in [-0.2, -0.15) is 0 Å². The Morgan fingerprint density at radius 2 is 1.02 bits per heavy atom. The van der Waals surface area contributed by atoms with Gasteiger partial charge in [0.25, 0.3) is 0 Å². The van der Waals surface area contributed by atoms with Crippen molar-refractivity contribution in [1.82, 2.24) is 4.98 Å². The molecule has 242 valence electrons. The van der Waals surface area contributed by atoms with Crippen LogP contribution in [0, 0.1) is 13.8 Å². The van der Waals surface area contributed by atoms with Crippen LogP contribution in [0.15, 0.2) is 156 Å². The first kappa shape index (κ1) is 28.2. The van der Waals surface area contributed by atoms with Crippen molar-refractivity contribution in [2.75, 3.05) is 0 Å². The molecule has 12 rings (SSSR count). The predicted octanol–water partition coefficient (Wildman–Crippen LogP) is 12.9. The van der Waals surface area contributed by atoms with Gasteiger partial charge in [-0.05, 0) is 132 Å². The topological polar surface area (TPSA) is 26.0 Å². The van der Waals surface area contributed by atoms with Crippen molar-refractivity contribution in [2.24, 2.45) is 0 Å². The molecule has 9 aromatic rings. The van der Waals surface area contributed by atoms with Crippen molar-refractivity contribution in [2.45, 2.75) is 19.3 Å². The van der Waals surface area contributed by atoms with Crippen molar-refractivity contribution < 1.29 is 4.42 Å². The minimum absolute atomic E-state index is 0.437. The fraction of sp³-hybridized carbons (Fsp3) is 0.0600.